The van der Waals surface area contributed by atoms with E-state index < -0.39 is 0 Å². The maximum absolute atomic E-state index is 13.6. The van der Waals surface area contributed by atoms with Gasteiger partial charge in [0.25, 0.3) is 0 Å². The van der Waals surface area contributed by atoms with Crippen LogP contribution in [-0.4, -0.2) is 18.6 Å². The van der Waals surface area contributed by atoms with Gasteiger partial charge in [0.1, 0.15) is 0 Å². The fourth-order valence-corrected chi connectivity index (χ4v) is 1.43. The van der Waals surface area contributed by atoms with Crippen molar-refractivity contribution in [1.82, 2.24) is 5.32 Å². The number of nitrogens with two attached hydrogens (primary N) is 1. The summed E-state index contributed by atoms with van der Waals surface area (Å²) >= 11 is 0. The van der Waals surface area contributed by atoms with E-state index in [9.17, 15) is 4.39 Å². The predicted octanol–water partition coefficient (Wildman–Crippen LogP) is 2.04. The van der Waals surface area contributed by atoms with Crippen molar-refractivity contribution in [3.8, 4) is 5.75 Å². The van der Waals surface area contributed by atoms with Crippen LogP contribution in [0.3, 0.4) is 0 Å². The zero-order valence-electron chi connectivity index (χ0n) is 11.0. The summed E-state index contributed by atoms with van der Waals surface area (Å²) in [6.07, 6.45) is 0. The second kappa shape index (κ2) is 6.83. The summed E-state index contributed by atoms with van der Waals surface area (Å²) in [5.74, 6) is 0.248. The molecule has 0 saturated heterocycles. The van der Waals surface area contributed by atoms with Crippen molar-refractivity contribution in [3.63, 3.8) is 0 Å². The maximum Gasteiger partial charge on any atom is 0.189 e. The Hall–Kier alpha value is -1.78. The smallest absolute Gasteiger partial charge is 0.189 e. The molecule has 0 aliphatic rings. The number of ether oxygens (including phenoxy) is 1. The number of nitrogens with zero attached hydrogens (tertiary/aromatic N) is 1. The van der Waals surface area contributed by atoms with Crippen molar-refractivity contribution in [2.75, 3.05) is 6.61 Å². The number of halogens is 1. The van der Waals surface area contributed by atoms with E-state index >= 15 is 0 Å². The van der Waals surface area contributed by atoms with Crippen molar-refractivity contribution in [2.24, 2.45) is 10.7 Å². The normalized spacial score (nSPS) is 11.7. The van der Waals surface area contributed by atoms with E-state index in [0.717, 1.165) is 5.56 Å². The van der Waals surface area contributed by atoms with Gasteiger partial charge in [-0.1, -0.05) is 6.07 Å². The molecule has 0 aliphatic heterocycles. The Morgan fingerprint density at radius 3 is 2.78 bits per heavy atom. The average molecular weight is 253 g/mol. The summed E-state index contributed by atoms with van der Waals surface area (Å²) in [7, 11) is 0. The molecule has 3 N–H and O–H groups in total. The second-order valence-corrected chi connectivity index (χ2v) is 4.20. The van der Waals surface area contributed by atoms with Crippen LogP contribution in [0, 0.1) is 5.82 Å². The van der Waals surface area contributed by atoms with Crippen LogP contribution in [0.1, 0.15) is 26.3 Å². The summed E-state index contributed by atoms with van der Waals surface area (Å²) in [6.45, 7) is 6.54. The van der Waals surface area contributed by atoms with Crippen LogP contribution in [0.2, 0.25) is 0 Å². The molecular formula is C13H20FN3O. The number of rotatable bonds is 5. The Morgan fingerprint density at radius 1 is 1.50 bits per heavy atom. The third-order valence-corrected chi connectivity index (χ3v) is 2.16. The third kappa shape index (κ3) is 4.61. The first kappa shape index (κ1) is 14.3. The van der Waals surface area contributed by atoms with Crippen molar-refractivity contribution < 1.29 is 9.13 Å². The molecule has 4 nitrogen and oxygen atoms in total. The van der Waals surface area contributed by atoms with Crippen molar-refractivity contribution >= 4 is 5.96 Å². The van der Waals surface area contributed by atoms with Crippen LogP contribution in [0.4, 0.5) is 4.39 Å². The molecule has 18 heavy (non-hydrogen) atoms. The minimum absolute atomic E-state index is 0.228. The standard InChI is InChI=1S/C13H20FN3O/c1-4-18-12-6-5-10(7-11(12)14)8-16-13(15)17-9(2)3/h5-7,9H,4,8H2,1-3H3,(H3,15,16,17). The average Bonchev–Trinajstić information content (AvgIpc) is 2.29. The van der Waals surface area contributed by atoms with Gasteiger partial charge in [0.2, 0.25) is 0 Å². The first-order valence-electron chi connectivity index (χ1n) is 6.00. The van der Waals surface area contributed by atoms with E-state index in [0.29, 0.717) is 19.1 Å². The second-order valence-electron chi connectivity index (χ2n) is 4.20. The highest BCUT2D eigenvalue weighted by atomic mass is 19.1. The molecule has 0 spiro atoms. The summed E-state index contributed by atoms with van der Waals surface area (Å²) in [5, 5.41) is 2.97. The van der Waals surface area contributed by atoms with E-state index in [4.69, 9.17) is 10.5 Å². The van der Waals surface area contributed by atoms with Crippen LogP contribution in [0.15, 0.2) is 23.2 Å². The van der Waals surface area contributed by atoms with E-state index in [1.807, 2.05) is 20.8 Å². The first-order chi connectivity index (χ1) is 8.52. The Morgan fingerprint density at radius 2 is 2.22 bits per heavy atom. The molecule has 0 fully saturated rings. The van der Waals surface area contributed by atoms with Gasteiger partial charge in [-0.3, -0.25) is 0 Å². The van der Waals surface area contributed by atoms with Gasteiger partial charge in [-0.15, -0.1) is 0 Å². The molecule has 0 saturated carbocycles. The van der Waals surface area contributed by atoms with Gasteiger partial charge in [-0.25, -0.2) is 9.38 Å². The fraction of sp³-hybridized carbons (Fsp3) is 0.462. The minimum atomic E-state index is -0.375. The molecule has 1 aromatic carbocycles. The van der Waals surface area contributed by atoms with Gasteiger partial charge in [0.05, 0.1) is 13.2 Å². The summed E-state index contributed by atoms with van der Waals surface area (Å²) in [5.41, 5.74) is 6.41. The Labute approximate surface area is 107 Å². The minimum Gasteiger partial charge on any atom is -0.491 e. The topological polar surface area (TPSA) is 59.6 Å². The van der Waals surface area contributed by atoms with Crippen LogP contribution >= 0.6 is 0 Å². The van der Waals surface area contributed by atoms with E-state index in [1.165, 1.54) is 6.07 Å². The molecule has 0 radical (unpaired) electrons. The highest BCUT2D eigenvalue weighted by Crippen LogP contribution is 2.18. The lowest BCUT2D eigenvalue weighted by Crippen LogP contribution is -2.36. The zero-order valence-corrected chi connectivity index (χ0v) is 11.0. The number of benzene rings is 1. The van der Waals surface area contributed by atoms with Gasteiger partial charge >= 0.3 is 0 Å². The monoisotopic (exact) mass is 253 g/mol. The quantitative estimate of drug-likeness (QED) is 0.623. The van der Waals surface area contributed by atoms with Crippen LogP contribution < -0.4 is 15.8 Å². The predicted molar refractivity (Wildman–Crippen MR) is 71.2 cm³/mol. The molecule has 0 atom stereocenters. The number of guanidine groups is 1. The highest BCUT2D eigenvalue weighted by Gasteiger charge is 2.04. The van der Waals surface area contributed by atoms with Gasteiger partial charge in [0.15, 0.2) is 17.5 Å². The molecule has 0 unspecified atom stereocenters. The number of hydrogen-bond donors (Lipinski definition) is 2. The summed E-state index contributed by atoms with van der Waals surface area (Å²) in [6, 6.07) is 5.03. The van der Waals surface area contributed by atoms with Crippen LogP contribution in [0.5, 0.6) is 5.75 Å². The van der Waals surface area contributed by atoms with Gasteiger partial charge in [0, 0.05) is 6.04 Å². The van der Waals surface area contributed by atoms with Crippen LogP contribution in [0.25, 0.3) is 0 Å². The van der Waals surface area contributed by atoms with Crippen molar-refractivity contribution in [1.29, 1.82) is 0 Å². The van der Waals surface area contributed by atoms with E-state index in [2.05, 4.69) is 10.3 Å². The van der Waals surface area contributed by atoms with E-state index in [1.54, 1.807) is 12.1 Å². The zero-order chi connectivity index (χ0) is 13.5. The molecule has 0 aliphatic carbocycles. The number of nitrogens with one attached hydrogen (secondary N) is 1. The van der Waals surface area contributed by atoms with Gasteiger partial charge in [-0.2, -0.15) is 0 Å². The van der Waals surface area contributed by atoms with Crippen molar-refractivity contribution in [3.05, 3.63) is 29.6 Å². The Balaban J connectivity index is 2.66. The summed E-state index contributed by atoms with van der Waals surface area (Å²) < 4.78 is 18.7. The van der Waals surface area contributed by atoms with Gasteiger partial charge in [-0.05, 0) is 38.5 Å². The van der Waals surface area contributed by atoms with Gasteiger partial charge < -0.3 is 15.8 Å². The molecule has 0 aromatic heterocycles. The number of aliphatic imine (C=N–C) groups is 1. The largest absolute Gasteiger partial charge is 0.491 e. The molecule has 1 aromatic rings. The summed E-state index contributed by atoms with van der Waals surface area (Å²) in [4.78, 5) is 4.13. The van der Waals surface area contributed by atoms with Crippen molar-refractivity contribution in [2.45, 2.75) is 33.4 Å². The maximum atomic E-state index is 13.6. The molecule has 0 amide bonds. The molecule has 100 valence electrons. The molecule has 5 heteroatoms. The first-order valence-corrected chi connectivity index (χ1v) is 6.00. The Kier molecular flexibility index (Phi) is 5.42. The molecule has 1 rings (SSSR count). The molecule has 0 heterocycles. The fourth-order valence-electron chi connectivity index (χ4n) is 1.43. The lowest BCUT2D eigenvalue weighted by atomic mass is 10.2. The Bertz CT molecular complexity index is 419. The number of hydrogen-bond acceptors (Lipinski definition) is 2. The lowest BCUT2D eigenvalue weighted by molar-refractivity contribution is 0.321. The molecular weight excluding hydrogens is 233 g/mol. The molecule has 0 bridgehead atoms. The SMILES string of the molecule is CCOc1ccc(CN=C(N)NC(C)C)cc1F. The van der Waals surface area contributed by atoms with Crippen LogP contribution in [-0.2, 0) is 6.54 Å². The van der Waals surface area contributed by atoms with E-state index in [-0.39, 0.29) is 17.6 Å². The lowest BCUT2D eigenvalue weighted by Gasteiger charge is -2.09. The highest BCUT2D eigenvalue weighted by molar-refractivity contribution is 5.78. The third-order valence-electron chi connectivity index (χ3n) is 2.16.